The molecule has 6 bridgehead atoms. The van der Waals surface area contributed by atoms with Crippen LogP contribution >= 0.6 is 0 Å². The lowest BCUT2D eigenvalue weighted by Crippen LogP contribution is -2.21. The van der Waals surface area contributed by atoms with Crippen LogP contribution in [0.15, 0.2) is 49.1 Å². The fourth-order valence-electron chi connectivity index (χ4n) is 6.83. The molecule has 8 unspecified atom stereocenters. The van der Waals surface area contributed by atoms with Gasteiger partial charge in [0.25, 0.3) is 0 Å². The van der Waals surface area contributed by atoms with Gasteiger partial charge in [-0.05, 0) is 106 Å². The average molecular weight is 496 g/mol. The summed E-state index contributed by atoms with van der Waals surface area (Å²) in [5, 5.41) is 9.60. The van der Waals surface area contributed by atoms with Crippen molar-refractivity contribution in [2.75, 3.05) is 7.11 Å². The molecule has 0 saturated heterocycles. The monoisotopic (exact) mass is 495 g/mol. The van der Waals surface area contributed by atoms with Gasteiger partial charge >= 0.3 is 5.97 Å². The Balaban J connectivity index is 0.000000137. The van der Waals surface area contributed by atoms with Crippen molar-refractivity contribution in [3.63, 3.8) is 0 Å². The molecule has 6 aliphatic carbocycles. The first-order valence-electron chi connectivity index (χ1n) is 14.4. The minimum absolute atomic E-state index is 0.0261. The molecule has 0 N–H and O–H groups in total. The summed E-state index contributed by atoms with van der Waals surface area (Å²) < 4.78 is 4.71. The highest BCUT2D eigenvalue weighted by atomic mass is 16.5. The van der Waals surface area contributed by atoms with Crippen molar-refractivity contribution in [2.24, 2.45) is 47.3 Å². The van der Waals surface area contributed by atoms with E-state index < -0.39 is 5.97 Å². The van der Waals surface area contributed by atoms with Crippen LogP contribution in [0.25, 0.3) is 0 Å². The van der Waals surface area contributed by atoms with Gasteiger partial charge in [0, 0.05) is 5.97 Å². The first kappa shape index (κ1) is 28.5. The molecule has 0 aromatic rings. The number of esters is 1. The van der Waals surface area contributed by atoms with Crippen molar-refractivity contribution in [2.45, 2.75) is 84.0 Å². The van der Waals surface area contributed by atoms with Crippen LogP contribution in [-0.2, 0) is 14.3 Å². The van der Waals surface area contributed by atoms with Crippen LogP contribution in [0, 0.1) is 47.3 Å². The van der Waals surface area contributed by atoms with E-state index in [-0.39, 0.29) is 18.3 Å². The maximum Gasteiger partial charge on any atom is 0.309 e. The van der Waals surface area contributed by atoms with Crippen LogP contribution in [0.2, 0.25) is 0 Å². The molecule has 36 heavy (non-hydrogen) atoms. The van der Waals surface area contributed by atoms with Gasteiger partial charge in [-0.1, -0.05) is 62.3 Å². The molecule has 0 radical (unpaired) electrons. The van der Waals surface area contributed by atoms with Crippen LogP contribution < -0.4 is 5.11 Å². The first-order chi connectivity index (χ1) is 17.4. The molecule has 0 aromatic carbocycles. The van der Waals surface area contributed by atoms with E-state index in [1.54, 1.807) is 6.08 Å². The summed E-state index contributed by atoms with van der Waals surface area (Å²) in [4.78, 5) is 20.7. The van der Waals surface area contributed by atoms with Crippen molar-refractivity contribution in [3.8, 4) is 0 Å². The highest BCUT2D eigenvalue weighted by Gasteiger charge is 2.40. The molecule has 3 fully saturated rings. The topological polar surface area (TPSA) is 66.4 Å². The first-order valence-corrected chi connectivity index (χ1v) is 14.4. The second-order valence-corrected chi connectivity index (χ2v) is 11.5. The molecule has 0 amide bonds. The molecular formula is C32H47O4-. The number of ether oxygens (including phenoxy) is 1. The third-order valence-electron chi connectivity index (χ3n) is 8.85. The van der Waals surface area contributed by atoms with Crippen molar-refractivity contribution in [1.82, 2.24) is 0 Å². The number of rotatable bonds is 7. The maximum atomic E-state index is 11.1. The Kier molecular flexibility index (Phi) is 11.5. The van der Waals surface area contributed by atoms with E-state index >= 15 is 0 Å². The van der Waals surface area contributed by atoms with E-state index in [9.17, 15) is 14.7 Å². The number of carbonyl (C=O) groups is 2. The van der Waals surface area contributed by atoms with E-state index in [1.165, 1.54) is 64.9 Å². The molecule has 0 heterocycles. The normalized spacial score (nSPS) is 34.8. The van der Waals surface area contributed by atoms with Crippen molar-refractivity contribution in [3.05, 3.63) is 49.1 Å². The Morgan fingerprint density at radius 1 is 0.889 bits per heavy atom. The van der Waals surface area contributed by atoms with Gasteiger partial charge in [0.2, 0.25) is 0 Å². The molecule has 0 aliphatic heterocycles. The molecular weight excluding hydrogens is 448 g/mol. The number of methoxy groups -OCH3 is 1. The lowest BCUT2D eigenvalue weighted by atomic mass is 9.89. The number of unbranched alkanes of at least 4 members (excludes halogenated alkanes) is 1. The Morgan fingerprint density at radius 2 is 1.50 bits per heavy atom. The van der Waals surface area contributed by atoms with Crippen LogP contribution in [0.3, 0.4) is 0 Å². The zero-order valence-corrected chi connectivity index (χ0v) is 22.5. The fourth-order valence-corrected chi connectivity index (χ4v) is 6.83. The van der Waals surface area contributed by atoms with Gasteiger partial charge in [0.1, 0.15) is 0 Å². The van der Waals surface area contributed by atoms with Crippen LogP contribution in [0.5, 0.6) is 0 Å². The molecule has 4 nitrogen and oxygen atoms in total. The Morgan fingerprint density at radius 3 is 1.83 bits per heavy atom. The van der Waals surface area contributed by atoms with Gasteiger partial charge < -0.3 is 14.6 Å². The van der Waals surface area contributed by atoms with Crippen LogP contribution in [0.1, 0.15) is 84.0 Å². The summed E-state index contributed by atoms with van der Waals surface area (Å²) in [6.07, 6.45) is 30.1. The zero-order chi connectivity index (χ0) is 25.9. The van der Waals surface area contributed by atoms with Gasteiger partial charge in [-0.2, -0.15) is 0 Å². The number of allylic oxidation sites excluding steroid dienone is 7. The van der Waals surface area contributed by atoms with Gasteiger partial charge in [-0.25, -0.2) is 0 Å². The predicted octanol–water partition coefficient (Wildman–Crippen LogP) is 6.44. The van der Waals surface area contributed by atoms with Crippen LogP contribution in [0.4, 0.5) is 0 Å². The molecule has 200 valence electrons. The lowest BCUT2D eigenvalue weighted by Gasteiger charge is -2.16. The zero-order valence-electron chi connectivity index (χ0n) is 22.5. The molecule has 8 atom stereocenters. The van der Waals surface area contributed by atoms with E-state index in [2.05, 4.69) is 50.0 Å². The molecule has 0 aromatic heterocycles. The van der Waals surface area contributed by atoms with E-state index in [1.807, 2.05) is 0 Å². The van der Waals surface area contributed by atoms with Gasteiger partial charge in [-0.3, -0.25) is 4.79 Å². The number of carboxylic acid groups (broad SMARTS) is 1. The van der Waals surface area contributed by atoms with E-state index in [4.69, 9.17) is 4.74 Å². The lowest BCUT2D eigenvalue weighted by molar-refractivity contribution is -0.305. The highest BCUT2D eigenvalue weighted by molar-refractivity contribution is 5.73. The molecule has 6 aliphatic rings. The summed E-state index contributed by atoms with van der Waals surface area (Å²) >= 11 is 0. The van der Waals surface area contributed by atoms with Crippen molar-refractivity contribution >= 4 is 11.9 Å². The van der Waals surface area contributed by atoms with Crippen LogP contribution in [-0.4, -0.2) is 19.0 Å². The Hall–Kier alpha value is -2.10. The molecule has 6 rings (SSSR count). The van der Waals surface area contributed by atoms with Gasteiger partial charge in [-0.15, -0.1) is 6.58 Å². The Labute approximate surface area is 219 Å². The minimum Gasteiger partial charge on any atom is -0.550 e. The van der Waals surface area contributed by atoms with E-state index in [0.29, 0.717) is 18.3 Å². The maximum absolute atomic E-state index is 11.1. The molecule has 3 saturated carbocycles. The largest absolute Gasteiger partial charge is 0.550 e. The third-order valence-corrected chi connectivity index (χ3v) is 8.85. The van der Waals surface area contributed by atoms with Crippen molar-refractivity contribution < 1.29 is 19.4 Å². The summed E-state index contributed by atoms with van der Waals surface area (Å²) in [6, 6.07) is 0. The number of hydrogen-bond acceptors (Lipinski definition) is 4. The summed E-state index contributed by atoms with van der Waals surface area (Å²) in [6.45, 7) is 5.64. The highest BCUT2D eigenvalue weighted by Crippen LogP contribution is 2.45. The number of hydrogen-bond donors (Lipinski definition) is 0. The number of fused-ring (bicyclic) bond motifs is 6. The number of carboxylic acids is 1. The summed E-state index contributed by atoms with van der Waals surface area (Å²) in [5.74, 6) is 5.25. The summed E-state index contributed by atoms with van der Waals surface area (Å²) in [5.41, 5.74) is 0. The SMILES string of the molecule is C1=CC2CCC1C2.C=CCCC(=O)[O-].CCCCC1CC2C=CC1C2.COC(=O)C1CC2C=CC1C2. The quantitative estimate of drug-likeness (QED) is 0.301. The van der Waals surface area contributed by atoms with Crippen molar-refractivity contribution in [1.29, 1.82) is 0 Å². The average Bonchev–Trinajstić information content (AvgIpc) is 3.75. The minimum atomic E-state index is -1.01. The third kappa shape index (κ3) is 8.49. The molecule has 0 spiro atoms. The fraction of sp³-hybridized carbons (Fsp3) is 0.688. The standard InChI is InChI=1S/C11H18.C9H12O2.C7H10.C5H8O2/c1-2-3-4-10-7-9-5-6-11(10)8-9;1-11-9(10)8-5-6-2-3-7(8)4-6;1-2-7-4-3-6(1)5-7;1-2-3-4-5(6)7/h5-6,9-11H,2-4,7-8H2,1H3;2-3,6-8H,4-5H2,1H3;1-2,6-7H,3-5H2;2H,1,3-4H2,(H,6,7)/p-1. The second-order valence-electron chi connectivity index (χ2n) is 11.5. The number of carbonyl (C=O) groups excluding carboxylic acids is 2. The van der Waals surface area contributed by atoms with Gasteiger partial charge in [0.15, 0.2) is 0 Å². The van der Waals surface area contributed by atoms with E-state index in [0.717, 1.165) is 36.0 Å². The predicted molar refractivity (Wildman–Crippen MR) is 144 cm³/mol. The number of aliphatic carboxylic acids is 1. The summed E-state index contributed by atoms with van der Waals surface area (Å²) in [7, 11) is 1.47. The second kappa shape index (κ2) is 14.6. The Bertz CT molecular complexity index is 797. The molecule has 4 heteroatoms. The van der Waals surface area contributed by atoms with Gasteiger partial charge in [0.05, 0.1) is 13.0 Å². The smallest absolute Gasteiger partial charge is 0.309 e.